The fraction of sp³-hybridized carbons (Fsp3) is 0.529. The van der Waals surface area contributed by atoms with E-state index < -0.39 is 0 Å². The predicted octanol–water partition coefficient (Wildman–Crippen LogP) is 2.70. The van der Waals surface area contributed by atoms with Crippen LogP contribution in [0.5, 0.6) is 0 Å². The Labute approximate surface area is 135 Å². The highest BCUT2D eigenvalue weighted by Crippen LogP contribution is 2.20. The van der Waals surface area contributed by atoms with Crippen LogP contribution >= 0.6 is 0 Å². The highest BCUT2D eigenvalue weighted by molar-refractivity contribution is 5.92. The Morgan fingerprint density at radius 1 is 1.43 bits per heavy atom. The monoisotopic (exact) mass is 322 g/mol. The lowest BCUT2D eigenvalue weighted by molar-refractivity contribution is -0.136. The molecule has 1 heterocycles. The van der Waals surface area contributed by atoms with Crippen molar-refractivity contribution in [2.24, 2.45) is 0 Å². The molecule has 2 rings (SSSR count). The number of amides is 2. The summed E-state index contributed by atoms with van der Waals surface area (Å²) in [7, 11) is 1.51. The average molecular weight is 322 g/mol. The van der Waals surface area contributed by atoms with E-state index in [0.29, 0.717) is 24.2 Å². The Bertz CT molecular complexity index is 577. The number of halogens is 1. The highest BCUT2D eigenvalue weighted by Gasteiger charge is 2.24. The summed E-state index contributed by atoms with van der Waals surface area (Å²) in [6.45, 7) is 2.80. The second-order valence-electron chi connectivity index (χ2n) is 5.88. The highest BCUT2D eigenvalue weighted by atomic mass is 19.1. The second-order valence-corrected chi connectivity index (χ2v) is 5.88. The van der Waals surface area contributed by atoms with Crippen LogP contribution in [0.2, 0.25) is 0 Å². The molecule has 6 heteroatoms. The molecule has 2 amide bonds. The molecule has 5 nitrogen and oxygen atoms in total. The molecule has 1 aromatic carbocycles. The van der Waals surface area contributed by atoms with Crippen LogP contribution in [-0.4, -0.2) is 36.4 Å². The summed E-state index contributed by atoms with van der Waals surface area (Å²) in [5, 5.41) is 2.78. The van der Waals surface area contributed by atoms with Gasteiger partial charge in [0.25, 0.3) is 0 Å². The standard InChI is InChI=1S/C17H23FN2O3/c1-12(20-8-4-3-5-17(20)22)9-16(21)19-15-7-6-14(18)10-13(15)11-23-2/h6-7,10,12H,3-5,8-9,11H2,1-2H3,(H,19,21). The Kier molecular flexibility index (Phi) is 6.10. The quantitative estimate of drug-likeness (QED) is 0.876. The SMILES string of the molecule is COCc1cc(F)ccc1NC(=O)CC(C)N1CCCCC1=O. The number of carbonyl (C=O) groups excluding carboxylic acids is 2. The summed E-state index contributed by atoms with van der Waals surface area (Å²) in [5.41, 5.74) is 1.12. The molecule has 1 unspecified atom stereocenters. The fourth-order valence-electron chi connectivity index (χ4n) is 2.83. The van der Waals surface area contributed by atoms with Crippen molar-refractivity contribution >= 4 is 17.5 Å². The topological polar surface area (TPSA) is 58.6 Å². The first-order chi connectivity index (χ1) is 11.0. The molecule has 0 spiro atoms. The van der Waals surface area contributed by atoms with E-state index in [1.807, 2.05) is 6.92 Å². The molecule has 1 saturated heterocycles. The molecule has 0 radical (unpaired) electrons. The molecule has 1 aliphatic rings. The van der Waals surface area contributed by atoms with E-state index in [4.69, 9.17) is 4.74 Å². The molecule has 1 fully saturated rings. The maximum absolute atomic E-state index is 13.3. The first-order valence-electron chi connectivity index (χ1n) is 7.88. The van der Waals surface area contributed by atoms with Gasteiger partial charge in [-0.3, -0.25) is 9.59 Å². The molecule has 1 atom stereocenters. The number of nitrogens with one attached hydrogen (secondary N) is 1. The smallest absolute Gasteiger partial charge is 0.226 e. The summed E-state index contributed by atoms with van der Waals surface area (Å²) in [6, 6.07) is 4.02. The first kappa shape index (κ1) is 17.4. The number of nitrogens with zero attached hydrogens (tertiary/aromatic N) is 1. The lowest BCUT2D eigenvalue weighted by Gasteiger charge is -2.32. The predicted molar refractivity (Wildman–Crippen MR) is 85.4 cm³/mol. The number of methoxy groups -OCH3 is 1. The van der Waals surface area contributed by atoms with E-state index in [-0.39, 0.29) is 36.7 Å². The third-order valence-electron chi connectivity index (χ3n) is 4.01. The number of likely N-dealkylation sites (tertiary alicyclic amines) is 1. The van der Waals surface area contributed by atoms with Crippen molar-refractivity contribution < 1.29 is 18.7 Å². The number of anilines is 1. The third-order valence-corrected chi connectivity index (χ3v) is 4.01. The molecule has 23 heavy (non-hydrogen) atoms. The van der Waals surface area contributed by atoms with Gasteiger partial charge < -0.3 is 15.0 Å². The van der Waals surface area contributed by atoms with Crippen LogP contribution in [0, 0.1) is 5.82 Å². The maximum Gasteiger partial charge on any atom is 0.226 e. The summed E-state index contributed by atoms with van der Waals surface area (Å²) in [6.07, 6.45) is 2.68. The largest absolute Gasteiger partial charge is 0.380 e. The van der Waals surface area contributed by atoms with Crippen molar-refractivity contribution in [3.05, 3.63) is 29.6 Å². The van der Waals surface area contributed by atoms with Gasteiger partial charge in [-0.25, -0.2) is 4.39 Å². The van der Waals surface area contributed by atoms with Gasteiger partial charge in [0, 0.05) is 43.8 Å². The van der Waals surface area contributed by atoms with Gasteiger partial charge in [-0.05, 0) is 38.0 Å². The fourth-order valence-corrected chi connectivity index (χ4v) is 2.83. The number of ether oxygens (including phenoxy) is 1. The van der Waals surface area contributed by atoms with Crippen LogP contribution in [0.4, 0.5) is 10.1 Å². The molecule has 1 N–H and O–H groups in total. The molecule has 0 aromatic heterocycles. The third kappa shape index (κ3) is 4.76. The molecule has 1 aliphatic heterocycles. The normalized spacial score (nSPS) is 16.3. The van der Waals surface area contributed by atoms with E-state index in [1.165, 1.54) is 25.3 Å². The van der Waals surface area contributed by atoms with Crippen LogP contribution in [0.25, 0.3) is 0 Å². The summed E-state index contributed by atoms with van der Waals surface area (Å²) in [4.78, 5) is 25.9. The zero-order valence-corrected chi connectivity index (χ0v) is 13.6. The number of piperidine rings is 1. The average Bonchev–Trinajstić information content (AvgIpc) is 2.50. The van der Waals surface area contributed by atoms with Crippen LogP contribution in [0.3, 0.4) is 0 Å². The molecule has 0 bridgehead atoms. The van der Waals surface area contributed by atoms with Crippen molar-refractivity contribution in [2.45, 2.75) is 45.3 Å². The number of carbonyl (C=O) groups is 2. The number of rotatable bonds is 6. The van der Waals surface area contributed by atoms with Crippen molar-refractivity contribution in [1.29, 1.82) is 0 Å². The van der Waals surface area contributed by atoms with Crippen LogP contribution in [0.1, 0.15) is 38.2 Å². The van der Waals surface area contributed by atoms with E-state index in [1.54, 1.807) is 4.90 Å². The number of hydrogen-bond donors (Lipinski definition) is 1. The molecule has 0 saturated carbocycles. The number of hydrogen-bond acceptors (Lipinski definition) is 3. The summed E-state index contributed by atoms with van der Waals surface area (Å²) >= 11 is 0. The minimum Gasteiger partial charge on any atom is -0.380 e. The second kappa shape index (κ2) is 8.06. The van der Waals surface area contributed by atoms with Gasteiger partial charge in [-0.15, -0.1) is 0 Å². The van der Waals surface area contributed by atoms with Crippen molar-refractivity contribution in [3.63, 3.8) is 0 Å². The molecular weight excluding hydrogens is 299 g/mol. The van der Waals surface area contributed by atoms with Gasteiger partial charge in [0.15, 0.2) is 0 Å². The summed E-state index contributed by atoms with van der Waals surface area (Å²) < 4.78 is 18.3. The molecular formula is C17H23FN2O3. The number of benzene rings is 1. The molecule has 1 aromatic rings. The van der Waals surface area contributed by atoms with Crippen LogP contribution in [-0.2, 0) is 20.9 Å². The zero-order chi connectivity index (χ0) is 16.8. The minimum absolute atomic E-state index is 0.110. The lowest BCUT2D eigenvalue weighted by Crippen LogP contribution is -2.43. The minimum atomic E-state index is -0.373. The van der Waals surface area contributed by atoms with Gasteiger partial charge in [-0.1, -0.05) is 0 Å². The van der Waals surface area contributed by atoms with E-state index >= 15 is 0 Å². The Balaban J connectivity index is 1.97. The van der Waals surface area contributed by atoms with Gasteiger partial charge in [0.1, 0.15) is 5.82 Å². The Morgan fingerprint density at radius 2 is 2.22 bits per heavy atom. The first-order valence-corrected chi connectivity index (χ1v) is 7.88. The van der Waals surface area contributed by atoms with Gasteiger partial charge in [0.05, 0.1) is 6.61 Å². The Hall–Kier alpha value is -1.95. The zero-order valence-electron chi connectivity index (χ0n) is 13.6. The van der Waals surface area contributed by atoms with Gasteiger partial charge in [0.2, 0.25) is 11.8 Å². The van der Waals surface area contributed by atoms with Crippen molar-refractivity contribution in [3.8, 4) is 0 Å². The van der Waals surface area contributed by atoms with Gasteiger partial charge in [-0.2, -0.15) is 0 Å². The lowest BCUT2D eigenvalue weighted by atomic mass is 10.1. The van der Waals surface area contributed by atoms with Gasteiger partial charge >= 0.3 is 0 Å². The molecule has 0 aliphatic carbocycles. The summed E-state index contributed by atoms with van der Waals surface area (Å²) in [5.74, 6) is -0.458. The van der Waals surface area contributed by atoms with Crippen LogP contribution < -0.4 is 5.32 Å². The van der Waals surface area contributed by atoms with E-state index in [0.717, 1.165) is 12.8 Å². The molecule has 126 valence electrons. The van der Waals surface area contributed by atoms with Crippen molar-refractivity contribution in [2.75, 3.05) is 19.0 Å². The Morgan fingerprint density at radius 3 is 2.91 bits per heavy atom. The van der Waals surface area contributed by atoms with Crippen LogP contribution in [0.15, 0.2) is 18.2 Å². The van der Waals surface area contributed by atoms with E-state index in [2.05, 4.69) is 5.32 Å². The van der Waals surface area contributed by atoms with Crippen molar-refractivity contribution in [1.82, 2.24) is 4.90 Å². The van der Waals surface area contributed by atoms with E-state index in [9.17, 15) is 14.0 Å². The maximum atomic E-state index is 13.3.